The lowest BCUT2D eigenvalue weighted by atomic mass is 9.97. The van der Waals surface area contributed by atoms with Gasteiger partial charge in [0.2, 0.25) is 5.91 Å². The Morgan fingerprint density at radius 3 is 2.16 bits per heavy atom. The Morgan fingerprint density at radius 1 is 0.960 bits per heavy atom. The number of rotatable bonds is 9. The van der Waals surface area contributed by atoms with Gasteiger partial charge in [0.05, 0.1) is 5.92 Å². The van der Waals surface area contributed by atoms with Gasteiger partial charge in [-0.3, -0.25) is 4.79 Å². The molecule has 25 heavy (non-hydrogen) atoms. The molecule has 3 heteroatoms. The van der Waals surface area contributed by atoms with Crippen molar-refractivity contribution in [2.24, 2.45) is 0 Å². The molecule has 0 radical (unpaired) electrons. The maximum atomic E-state index is 12.4. The highest BCUT2D eigenvalue weighted by Gasteiger charge is 2.14. The van der Waals surface area contributed by atoms with Gasteiger partial charge in [-0.25, -0.2) is 0 Å². The van der Waals surface area contributed by atoms with Crippen LogP contribution >= 0.6 is 0 Å². The van der Waals surface area contributed by atoms with Gasteiger partial charge in [0.1, 0.15) is 0 Å². The highest BCUT2D eigenvalue weighted by atomic mass is 16.1. The fourth-order valence-corrected chi connectivity index (χ4v) is 2.95. The van der Waals surface area contributed by atoms with Crippen molar-refractivity contribution in [3.8, 4) is 11.1 Å². The standard InChI is InChI=1S/C22H30N2O/c1-4-24(5-2)17-9-16-23-22(25)18(3)19-12-14-21(15-13-19)20-10-7-6-8-11-20/h6-8,10-15,18H,4-5,9,16-17H2,1-3H3,(H,23,25). The number of nitrogens with zero attached hydrogens (tertiary/aromatic N) is 1. The van der Waals surface area contributed by atoms with E-state index in [0.717, 1.165) is 38.2 Å². The second kappa shape index (κ2) is 10.00. The third-order valence-corrected chi connectivity index (χ3v) is 4.76. The molecule has 134 valence electrons. The van der Waals surface area contributed by atoms with E-state index < -0.39 is 0 Å². The van der Waals surface area contributed by atoms with E-state index in [1.54, 1.807) is 0 Å². The lowest BCUT2D eigenvalue weighted by Gasteiger charge is -2.18. The van der Waals surface area contributed by atoms with Gasteiger partial charge in [0.25, 0.3) is 0 Å². The zero-order valence-electron chi connectivity index (χ0n) is 15.7. The van der Waals surface area contributed by atoms with E-state index in [-0.39, 0.29) is 11.8 Å². The molecular formula is C22H30N2O. The predicted octanol–water partition coefficient (Wildman–Crippen LogP) is 4.31. The number of hydrogen-bond acceptors (Lipinski definition) is 2. The van der Waals surface area contributed by atoms with Gasteiger partial charge in [-0.05, 0) is 49.7 Å². The second-order valence-electron chi connectivity index (χ2n) is 6.38. The quantitative estimate of drug-likeness (QED) is 0.691. The molecule has 0 fully saturated rings. The topological polar surface area (TPSA) is 32.3 Å². The number of hydrogen-bond donors (Lipinski definition) is 1. The lowest BCUT2D eigenvalue weighted by Crippen LogP contribution is -2.32. The molecule has 0 heterocycles. The lowest BCUT2D eigenvalue weighted by molar-refractivity contribution is -0.122. The molecule has 0 bridgehead atoms. The van der Waals surface area contributed by atoms with Crippen molar-refractivity contribution in [3.05, 3.63) is 60.2 Å². The highest BCUT2D eigenvalue weighted by Crippen LogP contribution is 2.22. The average molecular weight is 338 g/mol. The van der Waals surface area contributed by atoms with Crippen molar-refractivity contribution >= 4 is 5.91 Å². The molecule has 0 aliphatic heterocycles. The average Bonchev–Trinajstić information content (AvgIpc) is 2.68. The molecule has 2 aromatic rings. The Kier molecular flexibility index (Phi) is 7.68. The largest absolute Gasteiger partial charge is 0.356 e. The van der Waals surface area contributed by atoms with Gasteiger partial charge in [-0.15, -0.1) is 0 Å². The summed E-state index contributed by atoms with van der Waals surface area (Å²) >= 11 is 0. The predicted molar refractivity (Wildman–Crippen MR) is 106 cm³/mol. The van der Waals surface area contributed by atoms with E-state index in [4.69, 9.17) is 0 Å². The third-order valence-electron chi connectivity index (χ3n) is 4.76. The SMILES string of the molecule is CCN(CC)CCCNC(=O)C(C)c1ccc(-c2ccccc2)cc1. The fourth-order valence-electron chi connectivity index (χ4n) is 2.95. The Balaban J connectivity index is 1.85. The van der Waals surface area contributed by atoms with Gasteiger partial charge in [0.15, 0.2) is 0 Å². The summed E-state index contributed by atoms with van der Waals surface area (Å²) in [5.74, 6) is -0.0229. The first-order valence-corrected chi connectivity index (χ1v) is 9.31. The Labute approximate surface area is 152 Å². The number of benzene rings is 2. The van der Waals surface area contributed by atoms with E-state index >= 15 is 0 Å². The molecule has 1 atom stereocenters. The van der Waals surface area contributed by atoms with Gasteiger partial charge < -0.3 is 10.2 Å². The first-order valence-electron chi connectivity index (χ1n) is 9.31. The minimum atomic E-state index is -0.127. The van der Waals surface area contributed by atoms with E-state index in [2.05, 4.69) is 60.5 Å². The van der Waals surface area contributed by atoms with E-state index in [1.165, 1.54) is 11.1 Å². The maximum absolute atomic E-state index is 12.4. The van der Waals surface area contributed by atoms with Crippen LogP contribution in [0.3, 0.4) is 0 Å². The first-order chi connectivity index (χ1) is 12.2. The Morgan fingerprint density at radius 2 is 1.56 bits per heavy atom. The molecule has 1 amide bonds. The fraction of sp³-hybridized carbons (Fsp3) is 0.409. The van der Waals surface area contributed by atoms with Crippen LogP contribution in [0.1, 0.15) is 38.7 Å². The zero-order valence-corrected chi connectivity index (χ0v) is 15.7. The van der Waals surface area contributed by atoms with E-state index in [0.29, 0.717) is 0 Å². The molecule has 0 saturated heterocycles. The van der Waals surface area contributed by atoms with E-state index in [1.807, 2.05) is 25.1 Å². The van der Waals surface area contributed by atoms with Gasteiger partial charge in [0, 0.05) is 6.54 Å². The second-order valence-corrected chi connectivity index (χ2v) is 6.38. The van der Waals surface area contributed by atoms with Crippen molar-refractivity contribution in [2.75, 3.05) is 26.2 Å². The van der Waals surface area contributed by atoms with Crippen LogP contribution in [0.5, 0.6) is 0 Å². The summed E-state index contributed by atoms with van der Waals surface area (Å²) < 4.78 is 0. The number of amides is 1. The molecule has 0 spiro atoms. The molecule has 1 unspecified atom stereocenters. The molecule has 2 rings (SSSR count). The van der Waals surface area contributed by atoms with E-state index in [9.17, 15) is 4.79 Å². The highest BCUT2D eigenvalue weighted by molar-refractivity contribution is 5.83. The monoisotopic (exact) mass is 338 g/mol. The van der Waals surface area contributed by atoms with Crippen molar-refractivity contribution < 1.29 is 4.79 Å². The number of carbonyl (C=O) groups is 1. The molecular weight excluding hydrogens is 308 g/mol. The van der Waals surface area contributed by atoms with Crippen molar-refractivity contribution in [3.63, 3.8) is 0 Å². The maximum Gasteiger partial charge on any atom is 0.227 e. The van der Waals surface area contributed by atoms with Gasteiger partial charge >= 0.3 is 0 Å². The summed E-state index contributed by atoms with van der Waals surface area (Å²) in [6, 6.07) is 18.6. The summed E-state index contributed by atoms with van der Waals surface area (Å²) in [4.78, 5) is 14.7. The number of nitrogens with one attached hydrogen (secondary N) is 1. The smallest absolute Gasteiger partial charge is 0.227 e. The van der Waals surface area contributed by atoms with Crippen LogP contribution in [0.15, 0.2) is 54.6 Å². The minimum absolute atomic E-state index is 0.104. The summed E-state index contributed by atoms with van der Waals surface area (Å²) in [7, 11) is 0. The summed E-state index contributed by atoms with van der Waals surface area (Å²) in [5, 5.41) is 3.07. The van der Waals surface area contributed by atoms with Crippen molar-refractivity contribution in [1.29, 1.82) is 0 Å². The molecule has 0 saturated carbocycles. The van der Waals surface area contributed by atoms with Crippen LogP contribution in [-0.2, 0) is 4.79 Å². The van der Waals surface area contributed by atoms with Crippen LogP contribution in [0.25, 0.3) is 11.1 Å². The summed E-state index contributed by atoms with van der Waals surface area (Å²) in [6.45, 7) is 10.2. The summed E-state index contributed by atoms with van der Waals surface area (Å²) in [6.07, 6.45) is 0.993. The van der Waals surface area contributed by atoms with Gasteiger partial charge in [-0.1, -0.05) is 68.4 Å². The van der Waals surface area contributed by atoms with Crippen LogP contribution in [0, 0.1) is 0 Å². The molecule has 0 aliphatic rings. The molecule has 0 aromatic heterocycles. The molecule has 3 nitrogen and oxygen atoms in total. The van der Waals surface area contributed by atoms with Crippen molar-refractivity contribution in [2.45, 2.75) is 33.1 Å². The third kappa shape index (κ3) is 5.71. The van der Waals surface area contributed by atoms with Crippen LogP contribution in [0.2, 0.25) is 0 Å². The zero-order chi connectivity index (χ0) is 18.1. The van der Waals surface area contributed by atoms with Crippen molar-refractivity contribution in [1.82, 2.24) is 10.2 Å². The first kappa shape index (κ1) is 19.2. The molecule has 2 aromatic carbocycles. The molecule has 1 N–H and O–H groups in total. The number of carbonyl (C=O) groups excluding carboxylic acids is 1. The normalized spacial score (nSPS) is 12.2. The van der Waals surface area contributed by atoms with Crippen LogP contribution in [0.4, 0.5) is 0 Å². The minimum Gasteiger partial charge on any atom is -0.356 e. The van der Waals surface area contributed by atoms with Gasteiger partial charge in [-0.2, -0.15) is 0 Å². The van der Waals surface area contributed by atoms with Crippen LogP contribution < -0.4 is 5.32 Å². The Hall–Kier alpha value is -2.13. The summed E-state index contributed by atoms with van der Waals surface area (Å²) in [5.41, 5.74) is 3.43. The Bertz CT molecular complexity index is 633. The molecule has 0 aliphatic carbocycles. The van der Waals surface area contributed by atoms with Crippen LogP contribution in [-0.4, -0.2) is 37.0 Å².